The summed E-state index contributed by atoms with van der Waals surface area (Å²) in [5.74, 6) is 1.44. The molecule has 0 spiro atoms. The Kier molecular flexibility index (Phi) is 3.37. The molecule has 104 valence electrons. The van der Waals surface area contributed by atoms with Gasteiger partial charge in [-0.05, 0) is 25.3 Å². The molecule has 0 bridgehead atoms. The van der Waals surface area contributed by atoms with Gasteiger partial charge in [-0.3, -0.25) is 4.79 Å². The Morgan fingerprint density at radius 3 is 3.00 bits per heavy atom. The number of hydrogen-bond acceptors (Lipinski definition) is 6. The number of aromatic amines is 1. The molecule has 3 aromatic heterocycles. The molecular weight excluding hydrogens is 276 g/mol. The van der Waals surface area contributed by atoms with Gasteiger partial charge in [0.25, 0.3) is 5.56 Å². The van der Waals surface area contributed by atoms with Crippen LogP contribution < -0.4 is 10.9 Å². The quantitative estimate of drug-likeness (QED) is 0.766. The Hall–Kier alpha value is -1.99. The minimum Gasteiger partial charge on any atom is -0.361 e. The molecule has 0 radical (unpaired) electrons. The fourth-order valence-corrected chi connectivity index (χ4v) is 2.79. The highest BCUT2D eigenvalue weighted by molar-refractivity contribution is 7.17. The summed E-state index contributed by atoms with van der Waals surface area (Å²) in [5, 5.41) is 9.01. The lowest BCUT2D eigenvalue weighted by Crippen LogP contribution is -2.19. The third-order valence-electron chi connectivity index (χ3n) is 3.14. The van der Waals surface area contributed by atoms with E-state index in [4.69, 9.17) is 4.52 Å². The Morgan fingerprint density at radius 1 is 1.40 bits per heavy atom. The highest BCUT2D eigenvalue weighted by Gasteiger charge is 2.09. The molecule has 0 aromatic carbocycles. The zero-order chi connectivity index (χ0) is 14.1. The van der Waals surface area contributed by atoms with Crippen LogP contribution in [0.15, 0.2) is 20.8 Å². The second kappa shape index (κ2) is 5.18. The lowest BCUT2D eigenvalue weighted by molar-refractivity contribution is 0.392. The number of thiophene rings is 1. The molecule has 3 heterocycles. The van der Waals surface area contributed by atoms with Gasteiger partial charge in [0.2, 0.25) is 0 Å². The molecule has 0 aliphatic carbocycles. The van der Waals surface area contributed by atoms with Gasteiger partial charge in [-0.15, -0.1) is 11.3 Å². The van der Waals surface area contributed by atoms with Gasteiger partial charge in [-0.2, -0.15) is 0 Å². The van der Waals surface area contributed by atoms with Crippen molar-refractivity contribution in [2.24, 2.45) is 0 Å². The molecule has 3 aromatic rings. The summed E-state index contributed by atoms with van der Waals surface area (Å²) in [6, 6.07) is 1.85. The third kappa shape index (κ3) is 2.37. The van der Waals surface area contributed by atoms with Crippen LogP contribution in [0.4, 0.5) is 0 Å². The lowest BCUT2D eigenvalue weighted by Gasteiger charge is -2.04. The molecule has 0 saturated carbocycles. The molecule has 2 N–H and O–H groups in total. The normalized spacial score (nSPS) is 11.3. The van der Waals surface area contributed by atoms with Crippen molar-refractivity contribution in [3.05, 3.63) is 44.6 Å². The molecule has 0 atom stereocenters. The molecule has 3 rings (SSSR count). The van der Waals surface area contributed by atoms with Crippen LogP contribution in [0.5, 0.6) is 0 Å². The molecular formula is C13H14N4O2S. The fourth-order valence-electron chi connectivity index (χ4n) is 2.07. The number of rotatable bonds is 4. The number of fused-ring (bicyclic) bond motifs is 1. The largest absolute Gasteiger partial charge is 0.361 e. The molecule has 20 heavy (non-hydrogen) atoms. The van der Waals surface area contributed by atoms with Crippen molar-refractivity contribution in [3.8, 4) is 0 Å². The highest BCUT2D eigenvalue weighted by atomic mass is 32.1. The first-order valence-corrected chi connectivity index (χ1v) is 7.12. The Labute approximate surface area is 118 Å². The second-order valence-electron chi connectivity index (χ2n) is 4.55. The zero-order valence-electron chi connectivity index (χ0n) is 11.2. The monoisotopic (exact) mass is 290 g/mol. The third-order valence-corrected chi connectivity index (χ3v) is 4.04. The summed E-state index contributed by atoms with van der Waals surface area (Å²) in [6.45, 7) is 4.91. The van der Waals surface area contributed by atoms with Crippen molar-refractivity contribution in [1.82, 2.24) is 20.4 Å². The molecule has 0 aliphatic rings. The average molecular weight is 290 g/mol. The Bertz CT molecular complexity index is 783. The van der Waals surface area contributed by atoms with Gasteiger partial charge in [0.1, 0.15) is 16.3 Å². The average Bonchev–Trinajstić information content (AvgIpc) is 3.00. The zero-order valence-corrected chi connectivity index (χ0v) is 12.0. The van der Waals surface area contributed by atoms with Crippen LogP contribution in [0, 0.1) is 13.8 Å². The SMILES string of the molecule is Cc1noc(C)c1CNCc1nc2ccsc2c(=O)[nH]1. The van der Waals surface area contributed by atoms with Crippen LogP contribution in [-0.4, -0.2) is 15.1 Å². The van der Waals surface area contributed by atoms with Gasteiger partial charge in [0, 0.05) is 12.1 Å². The lowest BCUT2D eigenvalue weighted by atomic mass is 10.2. The van der Waals surface area contributed by atoms with Crippen LogP contribution in [-0.2, 0) is 13.1 Å². The van der Waals surface area contributed by atoms with Gasteiger partial charge in [0.15, 0.2) is 0 Å². The van der Waals surface area contributed by atoms with Crippen molar-refractivity contribution in [2.75, 3.05) is 0 Å². The molecule has 0 saturated heterocycles. The van der Waals surface area contributed by atoms with Crippen molar-refractivity contribution < 1.29 is 4.52 Å². The van der Waals surface area contributed by atoms with E-state index in [9.17, 15) is 4.79 Å². The number of hydrogen-bond donors (Lipinski definition) is 2. The van der Waals surface area contributed by atoms with Crippen molar-refractivity contribution >= 4 is 21.6 Å². The van der Waals surface area contributed by atoms with E-state index in [2.05, 4.69) is 20.4 Å². The molecule has 0 amide bonds. The standard InChI is InChI=1S/C13H14N4O2S/c1-7-9(8(2)19-17-7)5-14-6-11-15-10-3-4-20-12(10)13(18)16-11/h3-4,14H,5-6H2,1-2H3,(H,15,16,18). The molecule has 0 fully saturated rings. The number of H-pyrrole nitrogens is 1. The summed E-state index contributed by atoms with van der Waals surface area (Å²) < 4.78 is 5.77. The van der Waals surface area contributed by atoms with Gasteiger partial charge in [-0.1, -0.05) is 5.16 Å². The predicted molar refractivity (Wildman–Crippen MR) is 76.8 cm³/mol. The maximum absolute atomic E-state index is 11.8. The number of nitrogens with one attached hydrogen (secondary N) is 2. The minimum absolute atomic E-state index is 0.0841. The van der Waals surface area contributed by atoms with E-state index in [-0.39, 0.29) is 5.56 Å². The first-order chi connectivity index (χ1) is 9.65. The van der Waals surface area contributed by atoms with Crippen molar-refractivity contribution in [3.63, 3.8) is 0 Å². The smallest absolute Gasteiger partial charge is 0.268 e. The van der Waals surface area contributed by atoms with Gasteiger partial charge < -0.3 is 14.8 Å². The minimum atomic E-state index is -0.0841. The fraction of sp³-hybridized carbons (Fsp3) is 0.308. The molecule has 0 aliphatic heterocycles. The number of nitrogens with zero attached hydrogens (tertiary/aromatic N) is 2. The van der Waals surface area contributed by atoms with E-state index in [1.807, 2.05) is 25.3 Å². The highest BCUT2D eigenvalue weighted by Crippen LogP contribution is 2.14. The molecule has 7 heteroatoms. The maximum Gasteiger partial charge on any atom is 0.268 e. The van der Waals surface area contributed by atoms with E-state index in [1.165, 1.54) is 11.3 Å². The van der Waals surface area contributed by atoms with Crippen LogP contribution in [0.3, 0.4) is 0 Å². The predicted octanol–water partition coefficient (Wildman–Crippen LogP) is 1.88. The Morgan fingerprint density at radius 2 is 2.25 bits per heavy atom. The summed E-state index contributed by atoms with van der Waals surface area (Å²) >= 11 is 1.40. The van der Waals surface area contributed by atoms with Crippen LogP contribution >= 0.6 is 11.3 Å². The van der Waals surface area contributed by atoms with Gasteiger partial charge in [-0.25, -0.2) is 4.98 Å². The molecule has 6 nitrogen and oxygen atoms in total. The molecule has 0 unspecified atom stereocenters. The van der Waals surface area contributed by atoms with E-state index >= 15 is 0 Å². The first-order valence-electron chi connectivity index (χ1n) is 6.24. The van der Waals surface area contributed by atoms with Crippen LogP contribution in [0.25, 0.3) is 10.2 Å². The number of aryl methyl sites for hydroxylation is 2. The van der Waals surface area contributed by atoms with E-state index in [0.29, 0.717) is 23.6 Å². The first kappa shape index (κ1) is 13.0. The van der Waals surface area contributed by atoms with Gasteiger partial charge in [0.05, 0.1) is 17.8 Å². The summed E-state index contributed by atoms with van der Waals surface area (Å²) in [5.41, 5.74) is 2.58. The maximum atomic E-state index is 11.8. The van der Waals surface area contributed by atoms with Gasteiger partial charge >= 0.3 is 0 Å². The second-order valence-corrected chi connectivity index (χ2v) is 5.47. The Balaban J connectivity index is 1.73. The van der Waals surface area contributed by atoms with Crippen molar-refractivity contribution in [1.29, 1.82) is 0 Å². The van der Waals surface area contributed by atoms with E-state index in [1.54, 1.807) is 0 Å². The van der Waals surface area contributed by atoms with Crippen LogP contribution in [0.1, 0.15) is 22.8 Å². The van der Waals surface area contributed by atoms with Crippen molar-refractivity contribution in [2.45, 2.75) is 26.9 Å². The van der Waals surface area contributed by atoms with Crippen LogP contribution in [0.2, 0.25) is 0 Å². The summed E-state index contributed by atoms with van der Waals surface area (Å²) in [7, 11) is 0. The van der Waals surface area contributed by atoms with E-state index in [0.717, 1.165) is 22.5 Å². The topological polar surface area (TPSA) is 83.8 Å². The summed E-state index contributed by atoms with van der Waals surface area (Å²) in [4.78, 5) is 19.0. The number of aromatic nitrogens is 3. The summed E-state index contributed by atoms with van der Waals surface area (Å²) in [6.07, 6.45) is 0. The van der Waals surface area contributed by atoms with E-state index < -0.39 is 0 Å².